The summed E-state index contributed by atoms with van der Waals surface area (Å²) in [6.07, 6.45) is 1.49. The largest absolute Gasteiger partial charge is 0.351 e. The monoisotopic (exact) mass is 478 g/mol. The highest BCUT2D eigenvalue weighted by Crippen LogP contribution is 2.16. The Hall–Kier alpha value is -2.19. The minimum absolute atomic E-state index is 0.166. The van der Waals surface area contributed by atoms with Gasteiger partial charge in [0.05, 0.1) is 5.75 Å². The van der Waals surface area contributed by atoms with Crippen LogP contribution in [0.3, 0.4) is 0 Å². The van der Waals surface area contributed by atoms with Gasteiger partial charge in [0.15, 0.2) is 9.84 Å². The Balaban J connectivity index is 1.51. The summed E-state index contributed by atoms with van der Waals surface area (Å²) in [4.78, 5) is 25.7. The Kier molecular flexibility index (Phi) is 7.08. The number of amides is 2. The van der Waals surface area contributed by atoms with Crippen molar-refractivity contribution in [1.82, 2.24) is 10.2 Å². The first-order chi connectivity index (χ1) is 13.8. The number of rotatable bonds is 8. The van der Waals surface area contributed by atoms with Crippen molar-refractivity contribution in [2.75, 3.05) is 12.3 Å². The summed E-state index contributed by atoms with van der Waals surface area (Å²) in [7, 11) is -3.55. The first kappa shape index (κ1) is 21.5. The molecule has 0 unspecified atom stereocenters. The third kappa shape index (κ3) is 6.68. The Morgan fingerprint density at radius 1 is 1.07 bits per heavy atom. The number of carbonyl (C=O) groups is 2. The van der Waals surface area contributed by atoms with E-state index in [2.05, 4.69) is 21.2 Å². The van der Waals surface area contributed by atoms with E-state index in [1.54, 1.807) is 24.3 Å². The molecule has 1 aliphatic heterocycles. The minimum atomic E-state index is -3.55. The van der Waals surface area contributed by atoms with E-state index in [9.17, 15) is 18.0 Å². The third-order valence-corrected chi connectivity index (χ3v) is 6.68. The number of carbonyl (C=O) groups excluding carboxylic acids is 2. The first-order valence-electron chi connectivity index (χ1n) is 9.38. The van der Waals surface area contributed by atoms with Gasteiger partial charge in [-0.1, -0.05) is 52.3 Å². The second kappa shape index (κ2) is 9.54. The van der Waals surface area contributed by atoms with Crippen LogP contribution in [0.15, 0.2) is 53.0 Å². The molecule has 0 saturated carbocycles. The number of nitrogens with zero attached hydrogens (tertiary/aromatic N) is 1. The lowest BCUT2D eigenvalue weighted by Crippen LogP contribution is -2.30. The smallest absolute Gasteiger partial charge is 0.235 e. The molecule has 1 aliphatic rings. The minimum Gasteiger partial charge on any atom is -0.351 e. The van der Waals surface area contributed by atoms with Crippen molar-refractivity contribution in [3.8, 4) is 0 Å². The van der Waals surface area contributed by atoms with Gasteiger partial charge >= 0.3 is 0 Å². The summed E-state index contributed by atoms with van der Waals surface area (Å²) in [6, 6.07) is 14.6. The highest BCUT2D eigenvalue weighted by Gasteiger charge is 2.20. The van der Waals surface area contributed by atoms with Gasteiger partial charge in [-0.05, 0) is 35.2 Å². The van der Waals surface area contributed by atoms with Crippen molar-refractivity contribution in [1.29, 1.82) is 0 Å². The third-order valence-electron chi connectivity index (χ3n) is 4.68. The second-order valence-electron chi connectivity index (χ2n) is 7.17. The molecule has 1 heterocycles. The number of hydrogen-bond donors (Lipinski definition) is 1. The number of benzene rings is 2. The molecule has 2 aromatic rings. The molecule has 3 rings (SSSR count). The Morgan fingerprint density at radius 2 is 1.79 bits per heavy atom. The molecule has 0 aromatic heterocycles. The summed E-state index contributed by atoms with van der Waals surface area (Å²) in [5.41, 5.74) is 2.51. The zero-order valence-corrected chi connectivity index (χ0v) is 18.3. The highest BCUT2D eigenvalue weighted by molar-refractivity contribution is 9.10. The quantitative estimate of drug-likeness (QED) is 0.631. The van der Waals surface area contributed by atoms with Crippen LogP contribution in [0.2, 0.25) is 0 Å². The van der Waals surface area contributed by atoms with Gasteiger partial charge in [-0.25, -0.2) is 8.42 Å². The maximum Gasteiger partial charge on any atom is 0.235 e. The fourth-order valence-corrected chi connectivity index (χ4v) is 4.83. The van der Waals surface area contributed by atoms with E-state index < -0.39 is 21.5 Å². The van der Waals surface area contributed by atoms with E-state index in [1.807, 2.05) is 29.2 Å². The van der Waals surface area contributed by atoms with Crippen LogP contribution in [-0.2, 0) is 38.3 Å². The van der Waals surface area contributed by atoms with Crippen LogP contribution in [0, 0.1) is 0 Å². The molecular weight excluding hydrogens is 456 g/mol. The van der Waals surface area contributed by atoms with Crippen LogP contribution < -0.4 is 5.32 Å². The maximum atomic E-state index is 12.3. The van der Waals surface area contributed by atoms with E-state index in [0.717, 1.165) is 28.6 Å². The van der Waals surface area contributed by atoms with Gasteiger partial charge in [0.1, 0.15) is 5.75 Å². The van der Waals surface area contributed by atoms with Crippen molar-refractivity contribution in [3.63, 3.8) is 0 Å². The predicted octanol–water partition coefficient (Wildman–Crippen LogP) is 2.80. The van der Waals surface area contributed by atoms with Crippen molar-refractivity contribution >= 4 is 37.6 Å². The summed E-state index contributed by atoms with van der Waals surface area (Å²) in [5.74, 6) is -1.08. The Morgan fingerprint density at radius 3 is 2.48 bits per heavy atom. The van der Waals surface area contributed by atoms with E-state index in [1.165, 1.54) is 0 Å². The summed E-state index contributed by atoms with van der Waals surface area (Å²) >= 11 is 3.31. The van der Waals surface area contributed by atoms with Crippen LogP contribution in [0.4, 0.5) is 0 Å². The lowest BCUT2D eigenvalue weighted by atomic mass is 10.1. The van der Waals surface area contributed by atoms with Crippen LogP contribution in [0.25, 0.3) is 0 Å². The fraction of sp³-hybridized carbons (Fsp3) is 0.333. The molecule has 0 radical (unpaired) electrons. The van der Waals surface area contributed by atoms with Crippen LogP contribution in [-0.4, -0.2) is 37.4 Å². The standard InChI is InChI=1S/C21H23BrN2O4S/c22-19-8-6-16(7-9-19)14-29(27,28)15-20(25)23-12-17-3-1-4-18(11-17)13-24-10-2-5-21(24)26/h1,3-4,6-9,11H,2,5,10,12-15H2,(H,23,25). The van der Waals surface area contributed by atoms with Crippen LogP contribution in [0.5, 0.6) is 0 Å². The SMILES string of the molecule is O=C(CS(=O)(=O)Cc1ccc(Br)cc1)NCc1cccc(CN2CCCC2=O)c1. The van der Waals surface area contributed by atoms with Crippen molar-refractivity contribution in [2.45, 2.75) is 31.7 Å². The molecule has 29 heavy (non-hydrogen) atoms. The predicted molar refractivity (Wildman–Crippen MR) is 115 cm³/mol. The molecule has 0 bridgehead atoms. The average Bonchev–Trinajstić information content (AvgIpc) is 3.06. The van der Waals surface area contributed by atoms with Gasteiger partial charge in [0.25, 0.3) is 0 Å². The van der Waals surface area contributed by atoms with Gasteiger partial charge in [-0.15, -0.1) is 0 Å². The van der Waals surface area contributed by atoms with Crippen molar-refractivity contribution in [2.24, 2.45) is 0 Å². The molecule has 1 fully saturated rings. The zero-order chi connectivity index (χ0) is 20.9. The number of likely N-dealkylation sites (tertiary alicyclic amines) is 1. The first-order valence-corrected chi connectivity index (χ1v) is 12.0. The molecule has 1 N–H and O–H groups in total. The van der Waals surface area contributed by atoms with Crippen LogP contribution in [0.1, 0.15) is 29.5 Å². The molecule has 2 aromatic carbocycles. The lowest BCUT2D eigenvalue weighted by Gasteiger charge is -2.16. The number of hydrogen-bond acceptors (Lipinski definition) is 4. The van der Waals surface area contributed by atoms with E-state index in [4.69, 9.17) is 0 Å². The number of nitrogens with one attached hydrogen (secondary N) is 1. The fourth-order valence-electron chi connectivity index (χ4n) is 3.27. The Bertz CT molecular complexity index is 990. The lowest BCUT2D eigenvalue weighted by molar-refractivity contribution is -0.128. The van der Waals surface area contributed by atoms with E-state index >= 15 is 0 Å². The topological polar surface area (TPSA) is 83.6 Å². The van der Waals surface area contributed by atoms with Gasteiger partial charge < -0.3 is 10.2 Å². The maximum absolute atomic E-state index is 12.3. The van der Waals surface area contributed by atoms with Crippen LogP contribution >= 0.6 is 15.9 Å². The second-order valence-corrected chi connectivity index (χ2v) is 10.2. The molecule has 0 spiro atoms. The van der Waals surface area contributed by atoms with Crippen molar-refractivity contribution in [3.05, 3.63) is 69.7 Å². The summed E-state index contributed by atoms with van der Waals surface area (Å²) in [6.45, 7) is 1.58. The van der Waals surface area contributed by atoms with Gasteiger partial charge in [-0.2, -0.15) is 0 Å². The molecular formula is C21H23BrN2O4S. The van der Waals surface area contributed by atoms with Crippen molar-refractivity contribution < 1.29 is 18.0 Å². The zero-order valence-electron chi connectivity index (χ0n) is 15.9. The number of halogens is 1. The molecule has 0 aliphatic carbocycles. The highest BCUT2D eigenvalue weighted by atomic mass is 79.9. The van der Waals surface area contributed by atoms with Gasteiger partial charge in [0.2, 0.25) is 11.8 Å². The molecule has 8 heteroatoms. The van der Waals surface area contributed by atoms with E-state index in [0.29, 0.717) is 18.5 Å². The molecule has 154 valence electrons. The number of sulfone groups is 1. The molecule has 6 nitrogen and oxygen atoms in total. The molecule has 0 atom stereocenters. The summed E-state index contributed by atoms with van der Waals surface area (Å²) < 4.78 is 25.4. The normalized spacial score (nSPS) is 14.2. The summed E-state index contributed by atoms with van der Waals surface area (Å²) in [5, 5.41) is 2.67. The molecule has 2 amide bonds. The van der Waals surface area contributed by atoms with Gasteiger partial charge in [-0.3, -0.25) is 9.59 Å². The Labute approximate surface area is 179 Å². The average molecular weight is 479 g/mol. The van der Waals surface area contributed by atoms with Gasteiger partial charge in [0, 0.05) is 30.5 Å². The van der Waals surface area contributed by atoms with E-state index in [-0.39, 0.29) is 18.2 Å². The molecule has 1 saturated heterocycles.